The number of carbonyl (C=O) groups excluding carboxylic acids is 3. The van der Waals surface area contributed by atoms with Crippen LogP contribution in [0, 0.1) is 18.3 Å². The van der Waals surface area contributed by atoms with E-state index >= 15 is 0 Å². The van der Waals surface area contributed by atoms with Crippen LogP contribution < -0.4 is 5.32 Å². The number of amides is 2. The van der Waals surface area contributed by atoms with E-state index in [1.54, 1.807) is 22.0 Å². The van der Waals surface area contributed by atoms with Gasteiger partial charge in [-0.05, 0) is 56.2 Å². The number of Topliss-reactive ketones (excluding diaryl/α,β-unsaturated/α-hetero) is 1. The first kappa shape index (κ1) is 26.2. The monoisotopic (exact) mass is 568 g/mol. The molecular weight excluding hydrogens is 539 g/mol. The Hall–Kier alpha value is -3.04. The van der Waals surface area contributed by atoms with E-state index in [4.69, 9.17) is 23.2 Å². The zero-order valence-corrected chi connectivity index (χ0v) is 23.8. The lowest BCUT2D eigenvalue weighted by atomic mass is 10.0. The van der Waals surface area contributed by atoms with Crippen LogP contribution in [0.4, 0.5) is 0 Å². The number of hydrogen-bond acceptors (Lipinski definition) is 6. The molecule has 0 unspecified atom stereocenters. The number of nitrogens with one attached hydrogen (secondary N) is 1. The summed E-state index contributed by atoms with van der Waals surface area (Å²) in [6.45, 7) is 7.22. The smallest absolute Gasteiger partial charge is 0.245 e. The minimum absolute atomic E-state index is 0.00253. The molecule has 1 aliphatic heterocycles. The van der Waals surface area contributed by atoms with Crippen LogP contribution in [0.25, 0.3) is 22.0 Å². The fourth-order valence-corrected chi connectivity index (χ4v) is 6.76. The van der Waals surface area contributed by atoms with Gasteiger partial charge in [0.1, 0.15) is 28.4 Å². The molecule has 2 amide bonds. The molecule has 1 saturated heterocycles. The van der Waals surface area contributed by atoms with E-state index in [-0.39, 0.29) is 47.6 Å². The molecular formula is C28H30Cl2N6O3. The first-order chi connectivity index (χ1) is 18.4. The molecule has 3 fully saturated rings. The molecule has 2 aliphatic carbocycles. The maximum atomic E-state index is 13.7. The Labute approximate surface area is 236 Å². The summed E-state index contributed by atoms with van der Waals surface area (Å²) in [5.74, 6) is 0.0992. The van der Waals surface area contributed by atoms with Gasteiger partial charge in [-0.25, -0.2) is 9.97 Å². The summed E-state index contributed by atoms with van der Waals surface area (Å²) < 4.78 is 0.771. The van der Waals surface area contributed by atoms with Crippen molar-refractivity contribution in [3.63, 3.8) is 0 Å². The summed E-state index contributed by atoms with van der Waals surface area (Å²) in [6.07, 6.45) is 5.59. The molecule has 1 N–H and O–H groups in total. The highest BCUT2D eigenvalue weighted by molar-refractivity contribution is 6.51. The highest BCUT2D eigenvalue weighted by Gasteiger charge is 2.64. The average Bonchev–Trinajstić information content (AvgIpc) is 3.63. The number of fused-ring (bicyclic) bond motifs is 2. The molecule has 0 radical (unpaired) electrons. The van der Waals surface area contributed by atoms with Crippen molar-refractivity contribution >= 4 is 51.7 Å². The van der Waals surface area contributed by atoms with Gasteiger partial charge in [-0.2, -0.15) is 5.10 Å². The van der Waals surface area contributed by atoms with E-state index in [9.17, 15) is 14.4 Å². The highest BCUT2D eigenvalue weighted by Crippen LogP contribution is 2.59. The Balaban J connectivity index is 1.26. The fourth-order valence-electron chi connectivity index (χ4n) is 6.05. The molecule has 3 heterocycles. The number of aryl methyl sites for hydroxylation is 1. The van der Waals surface area contributed by atoms with Crippen LogP contribution in [0.15, 0.2) is 30.6 Å². The van der Waals surface area contributed by atoms with Crippen molar-refractivity contribution in [2.45, 2.75) is 76.0 Å². The topological polar surface area (TPSA) is 110 Å². The molecule has 6 rings (SSSR count). The molecule has 5 atom stereocenters. The summed E-state index contributed by atoms with van der Waals surface area (Å²) in [6, 6.07) is 4.90. The summed E-state index contributed by atoms with van der Waals surface area (Å²) in [5, 5.41) is 8.23. The van der Waals surface area contributed by atoms with Gasteiger partial charge < -0.3 is 10.2 Å². The zero-order valence-electron chi connectivity index (χ0n) is 22.2. The summed E-state index contributed by atoms with van der Waals surface area (Å²) in [4.78, 5) is 49.8. The minimum atomic E-state index is -0.798. The first-order valence-corrected chi connectivity index (χ1v) is 13.9. The standard InChI is InChI=1S/C28H30Cl2N6O3/c1-14(20-8-28(20,29)30)33-26(39)22-9-27(4)10-23(27)36(22)24(38)13-35-21-6-5-17(18-11-31-16(3)32-12-18)7-19(21)25(34-35)15(2)37/h5-7,11-12,14,20,22-23H,8-10,13H2,1-4H3,(H,33,39)/t14-,20+,22-,23+,27-/m0/s1. The van der Waals surface area contributed by atoms with Gasteiger partial charge in [0.25, 0.3) is 0 Å². The predicted molar refractivity (Wildman–Crippen MR) is 147 cm³/mol. The number of benzene rings is 1. The second-order valence-electron chi connectivity index (χ2n) is 11.6. The molecule has 1 aromatic carbocycles. The van der Waals surface area contributed by atoms with E-state index in [0.29, 0.717) is 35.3 Å². The fraction of sp³-hybridized carbons (Fsp3) is 0.500. The van der Waals surface area contributed by atoms with Crippen LogP contribution in [0.3, 0.4) is 0 Å². The number of likely N-dealkylation sites (tertiary alicyclic amines) is 1. The highest BCUT2D eigenvalue weighted by atomic mass is 35.5. The van der Waals surface area contributed by atoms with Gasteiger partial charge in [-0.3, -0.25) is 19.1 Å². The third kappa shape index (κ3) is 4.59. The number of nitrogens with zero attached hydrogens (tertiary/aromatic N) is 5. The minimum Gasteiger partial charge on any atom is -0.351 e. The van der Waals surface area contributed by atoms with Crippen LogP contribution in [0.2, 0.25) is 0 Å². The van der Waals surface area contributed by atoms with Crippen molar-refractivity contribution in [3.05, 3.63) is 42.1 Å². The van der Waals surface area contributed by atoms with Crippen molar-refractivity contribution in [2.24, 2.45) is 11.3 Å². The van der Waals surface area contributed by atoms with Gasteiger partial charge in [0.05, 0.1) is 5.52 Å². The molecule has 3 aromatic rings. The molecule has 39 heavy (non-hydrogen) atoms. The van der Waals surface area contributed by atoms with Crippen LogP contribution in [0.5, 0.6) is 0 Å². The third-order valence-electron chi connectivity index (χ3n) is 8.56. The van der Waals surface area contributed by atoms with Gasteiger partial charge in [-0.1, -0.05) is 13.0 Å². The Morgan fingerprint density at radius 2 is 1.82 bits per heavy atom. The normalized spacial score (nSPS) is 27.2. The largest absolute Gasteiger partial charge is 0.351 e. The number of aromatic nitrogens is 4. The van der Waals surface area contributed by atoms with Crippen molar-refractivity contribution in [2.75, 3.05) is 0 Å². The van der Waals surface area contributed by atoms with E-state index in [1.807, 2.05) is 32.0 Å². The Kier molecular flexibility index (Phi) is 6.04. The molecule has 3 aliphatic rings. The summed E-state index contributed by atoms with van der Waals surface area (Å²) in [7, 11) is 0. The Morgan fingerprint density at radius 1 is 1.13 bits per heavy atom. The molecule has 9 nitrogen and oxygen atoms in total. The second-order valence-corrected chi connectivity index (χ2v) is 13.1. The van der Waals surface area contributed by atoms with E-state index < -0.39 is 10.4 Å². The van der Waals surface area contributed by atoms with Crippen molar-refractivity contribution in [3.8, 4) is 11.1 Å². The predicted octanol–water partition coefficient (Wildman–Crippen LogP) is 4.08. The van der Waals surface area contributed by atoms with Crippen LogP contribution >= 0.6 is 23.2 Å². The number of alkyl halides is 2. The lowest BCUT2D eigenvalue weighted by molar-refractivity contribution is -0.140. The van der Waals surface area contributed by atoms with Gasteiger partial charge >= 0.3 is 0 Å². The van der Waals surface area contributed by atoms with Crippen LogP contribution in [-0.4, -0.2) is 64.7 Å². The maximum absolute atomic E-state index is 13.7. The van der Waals surface area contributed by atoms with Crippen LogP contribution in [-0.2, 0) is 16.1 Å². The van der Waals surface area contributed by atoms with E-state index in [2.05, 4.69) is 27.3 Å². The molecule has 2 aromatic heterocycles. The number of rotatable bonds is 7. The summed E-state index contributed by atoms with van der Waals surface area (Å²) in [5.41, 5.74) is 2.57. The molecule has 0 spiro atoms. The number of ketones is 1. The van der Waals surface area contributed by atoms with Crippen molar-refractivity contribution in [1.82, 2.24) is 30.0 Å². The number of piperidine rings is 1. The van der Waals surface area contributed by atoms with E-state index in [0.717, 1.165) is 17.5 Å². The van der Waals surface area contributed by atoms with Gasteiger partial charge in [0.15, 0.2) is 5.78 Å². The number of halogens is 2. The number of carbonyl (C=O) groups is 3. The molecule has 2 saturated carbocycles. The lowest BCUT2D eigenvalue weighted by Crippen LogP contribution is -2.51. The molecule has 204 valence electrons. The molecule has 11 heteroatoms. The quantitative estimate of drug-likeness (QED) is 0.339. The zero-order chi connectivity index (χ0) is 27.9. The van der Waals surface area contributed by atoms with Gasteiger partial charge in [-0.15, -0.1) is 23.2 Å². The molecule has 0 bridgehead atoms. The lowest BCUT2D eigenvalue weighted by Gasteiger charge is -2.28. The third-order valence-corrected chi connectivity index (χ3v) is 9.43. The van der Waals surface area contributed by atoms with Crippen molar-refractivity contribution in [1.29, 1.82) is 0 Å². The van der Waals surface area contributed by atoms with Gasteiger partial charge in [0.2, 0.25) is 11.8 Å². The SMILES string of the molecule is CC(=O)c1nn(CC(=O)N2[C@H](C(=O)N[C@@H](C)[C@H]3CC3(Cl)Cl)C[C@@]3(C)C[C@@H]23)c2ccc(-c3cnc(C)nc3)cc12. The Morgan fingerprint density at radius 3 is 2.46 bits per heavy atom. The Bertz CT molecular complexity index is 1520. The summed E-state index contributed by atoms with van der Waals surface area (Å²) >= 11 is 12.4. The average molecular weight is 569 g/mol. The number of hydrogen-bond donors (Lipinski definition) is 1. The second kappa shape index (κ2) is 8.99. The van der Waals surface area contributed by atoms with Gasteiger partial charge in [0, 0.05) is 48.3 Å². The van der Waals surface area contributed by atoms with Crippen LogP contribution in [0.1, 0.15) is 56.3 Å². The first-order valence-electron chi connectivity index (χ1n) is 13.2. The van der Waals surface area contributed by atoms with Crippen molar-refractivity contribution < 1.29 is 14.4 Å². The van der Waals surface area contributed by atoms with E-state index in [1.165, 1.54) is 6.92 Å². The maximum Gasteiger partial charge on any atom is 0.245 e.